The van der Waals surface area contributed by atoms with Gasteiger partial charge in [0.05, 0.1) is 9.77 Å². The smallest absolute Gasteiger partial charge is 0.263 e. The van der Waals surface area contributed by atoms with Gasteiger partial charge in [-0.25, -0.2) is 8.42 Å². The van der Waals surface area contributed by atoms with E-state index in [9.17, 15) is 18.0 Å². The van der Waals surface area contributed by atoms with Crippen LogP contribution >= 0.6 is 11.3 Å². The number of piperidine rings is 1. The van der Waals surface area contributed by atoms with Crippen molar-refractivity contribution < 1.29 is 18.0 Å². The standard InChI is InChI=1S/C24H31N3O4S2/c1-18-8-9-20(17-22(18)33(30,31)27-12-4-2-3-5-13-27)25-23(28)19-10-14-26(15-11-19)24(29)21-7-6-16-32-21/h6-9,16-17,19H,2-5,10-15H2,1H3,(H,25,28). The first-order valence-corrected chi connectivity index (χ1v) is 13.9. The zero-order valence-corrected chi connectivity index (χ0v) is 20.6. The van der Waals surface area contributed by atoms with E-state index in [0.29, 0.717) is 50.3 Å². The number of likely N-dealkylation sites (tertiary alicyclic amines) is 1. The number of hydrogen-bond donors (Lipinski definition) is 1. The maximum Gasteiger partial charge on any atom is 0.263 e. The largest absolute Gasteiger partial charge is 0.338 e. The molecule has 2 fully saturated rings. The second kappa shape index (κ2) is 10.4. The van der Waals surface area contributed by atoms with Gasteiger partial charge in [-0.3, -0.25) is 9.59 Å². The SMILES string of the molecule is Cc1ccc(NC(=O)C2CCN(C(=O)c3cccs3)CC2)cc1S(=O)(=O)N1CCCCCC1. The summed E-state index contributed by atoms with van der Waals surface area (Å²) >= 11 is 1.43. The Kier molecular flexibility index (Phi) is 7.51. The summed E-state index contributed by atoms with van der Waals surface area (Å²) in [7, 11) is -3.60. The summed E-state index contributed by atoms with van der Waals surface area (Å²) in [4.78, 5) is 28.2. The maximum atomic E-state index is 13.3. The molecule has 2 aliphatic heterocycles. The third-order valence-electron chi connectivity index (χ3n) is 6.52. The van der Waals surface area contributed by atoms with Gasteiger partial charge in [-0.05, 0) is 61.7 Å². The lowest BCUT2D eigenvalue weighted by atomic mass is 9.95. The fraction of sp³-hybridized carbons (Fsp3) is 0.500. The van der Waals surface area contributed by atoms with Crippen LogP contribution in [0.25, 0.3) is 0 Å². The first kappa shape index (κ1) is 23.9. The molecule has 0 saturated carbocycles. The van der Waals surface area contributed by atoms with Gasteiger partial charge in [0.25, 0.3) is 5.91 Å². The Morgan fingerprint density at radius 1 is 1.00 bits per heavy atom. The quantitative estimate of drug-likeness (QED) is 0.685. The first-order valence-electron chi connectivity index (χ1n) is 11.6. The average molecular weight is 490 g/mol. The molecule has 0 aliphatic carbocycles. The summed E-state index contributed by atoms with van der Waals surface area (Å²) in [5.41, 5.74) is 1.17. The van der Waals surface area contributed by atoms with Gasteiger partial charge in [-0.1, -0.05) is 25.0 Å². The van der Waals surface area contributed by atoms with Crippen LogP contribution in [0.1, 0.15) is 53.8 Å². The number of carbonyl (C=O) groups is 2. The summed E-state index contributed by atoms with van der Waals surface area (Å²) in [6, 6.07) is 8.77. The molecule has 1 aromatic carbocycles. The van der Waals surface area contributed by atoms with Crippen molar-refractivity contribution in [3.05, 3.63) is 46.2 Å². The highest BCUT2D eigenvalue weighted by Crippen LogP contribution is 2.27. The Morgan fingerprint density at radius 2 is 1.70 bits per heavy atom. The number of thiophene rings is 1. The van der Waals surface area contributed by atoms with Gasteiger partial charge < -0.3 is 10.2 Å². The van der Waals surface area contributed by atoms with E-state index in [0.717, 1.165) is 30.6 Å². The predicted octanol–water partition coefficient (Wildman–Crippen LogP) is 4.11. The number of hydrogen-bond acceptors (Lipinski definition) is 5. The molecule has 2 aliphatic rings. The Hall–Kier alpha value is -2.23. The molecule has 3 heterocycles. The molecule has 1 aromatic heterocycles. The molecule has 178 valence electrons. The van der Waals surface area contributed by atoms with Crippen LogP contribution in [0, 0.1) is 12.8 Å². The molecule has 0 spiro atoms. The zero-order valence-electron chi connectivity index (χ0n) is 19.0. The normalized spacial score (nSPS) is 18.6. The molecule has 33 heavy (non-hydrogen) atoms. The van der Waals surface area contributed by atoms with Gasteiger partial charge >= 0.3 is 0 Å². The maximum absolute atomic E-state index is 13.3. The topological polar surface area (TPSA) is 86.8 Å². The zero-order chi connectivity index (χ0) is 23.4. The number of benzene rings is 1. The summed E-state index contributed by atoms with van der Waals surface area (Å²) in [5, 5.41) is 4.80. The van der Waals surface area contributed by atoms with Crippen LogP contribution in [0.5, 0.6) is 0 Å². The number of carbonyl (C=O) groups excluding carboxylic acids is 2. The monoisotopic (exact) mass is 489 g/mol. The lowest BCUT2D eigenvalue weighted by Gasteiger charge is -2.31. The number of nitrogens with zero attached hydrogens (tertiary/aromatic N) is 2. The second-order valence-electron chi connectivity index (χ2n) is 8.83. The third kappa shape index (κ3) is 5.47. The molecule has 2 amide bonds. The van der Waals surface area contributed by atoms with E-state index in [1.807, 2.05) is 17.5 Å². The molecule has 9 heteroatoms. The van der Waals surface area contributed by atoms with E-state index in [4.69, 9.17) is 0 Å². The van der Waals surface area contributed by atoms with Crippen molar-refractivity contribution in [2.24, 2.45) is 5.92 Å². The summed E-state index contributed by atoms with van der Waals surface area (Å²) in [6.07, 6.45) is 5.05. The Labute approximate surface area is 199 Å². The van der Waals surface area contributed by atoms with Crippen molar-refractivity contribution in [1.82, 2.24) is 9.21 Å². The highest BCUT2D eigenvalue weighted by atomic mass is 32.2. The van der Waals surface area contributed by atoms with E-state index in [-0.39, 0.29) is 22.6 Å². The Balaban J connectivity index is 1.40. The molecule has 0 unspecified atom stereocenters. The Bertz CT molecular complexity index is 1080. The van der Waals surface area contributed by atoms with Gasteiger partial charge in [0.15, 0.2) is 0 Å². The molecule has 0 atom stereocenters. The molecule has 2 aromatic rings. The van der Waals surface area contributed by atoms with Crippen molar-refractivity contribution in [1.29, 1.82) is 0 Å². The number of aryl methyl sites for hydroxylation is 1. The molecule has 0 radical (unpaired) electrons. The Morgan fingerprint density at radius 3 is 2.33 bits per heavy atom. The molecule has 2 saturated heterocycles. The summed E-state index contributed by atoms with van der Waals surface area (Å²) < 4.78 is 28.1. The molecule has 7 nitrogen and oxygen atoms in total. The van der Waals surface area contributed by atoms with Crippen molar-refractivity contribution in [3.8, 4) is 0 Å². The molecule has 1 N–H and O–H groups in total. The van der Waals surface area contributed by atoms with Gasteiger partial charge in [0.1, 0.15) is 0 Å². The van der Waals surface area contributed by atoms with Crippen LogP contribution in [0.3, 0.4) is 0 Å². The van der Waals surface area contributed by atoms with E-state index in [1.165, 1.54) is 11.3 Å². The van der Waals surface area contributed by atoms with Crippen LogP contribution in [-0.2, 0) is 14.8 Å². The van der Waals surface area contributed by atoms with E-state index < -0.39 is 10.0 Å². The highest BCUT2D eigenvalue weighted by molar-refractivity contribution is 7.89. The fourth-order valence-electron chi connectivity index (χ4n) is 4.52. The minimum absolute atomic E-state index is 0.0192. The second-order valence-corrected chi connectivity index (χ2v) is 11.7. The minimum atomic E-state index is -3.60. The highest BCUT2D eigenvalue weighted by Gasteiger charge is 2.30. The summed E-state index contributed by atoms with van der Waals surface area (Å²) in [6.45, 7) is 3.95. The third-order valence-corrected chi connectivity index (χ3v) is 9.42. The molecule has 4 rings (SSSR count). The molecular formula is C24H31N3O4S2. The molecule has 0 bridgehead atoms. The van der Waals surface area contributed by atoms with Crippen molar-refractivity contribution in [2.45, 2.75) is 50.3 Å². The average Bonchev–Trinajstić information content (AvgIpc) is 3.21. The fourth-order valence-corrected chi connectivity index (χ4v) is 6.98. The lowest BCUT2D eigenvalue weighted by molar-refractivity contribution is -0.121. The van der Waals surface area contributed by atoms with Crippen molar-refractivity contribution in [3.63, 3.8) is 0 Å². The van der Waals surface area contributed by atoms with Gasteiger partial charge in [0.2, 0.25) is 15.9 Å². The first-order chi connectivity index (χ1) is 15.9. The number of nitrogens with one attached hydrogen (secondary N) is 1. The van der Waals surface area contributed by atoms with Gasteiger partial charge in [-0.2, -0.15) is 4.31 Å². The number of sulfonamides is 1. The van der Waals surface area contributed by atoms with Crippen LogP contribution < -0.4 is 5.32 Å². The van der Waals surface area contributed by atoms with E-state index in [2.05, 4.69) is 5.32 Å². The molecular weight excluding hydrogens is 458 g/mol. The van der Waals surface area contributed by atoms with E-state index >= 15 is 0 Å². The van der Waals surface area contributed by atoms with Crippen LogP contribution in [0.2, 0.25) is 0 Å². The van der Waals surface area contributed by atoms with E-state index in [1.54, 1.807) is 34.3 Å². The number of anilines is 1. The van der Waals surface area contributed by atoms with Crippen molar-refractivity contribution in [2.75, 3.05) is 31.5 Å². The number of rotatable bonds is 5. The minimum Gasteiger partial charge on any atom is -0.338 e. The van der Waals surface area contributed by atoms with Crippen LogP contribution in [0.15, 0.2) is 40.6 Å². The van der Waals surface area contributed by atoms with Crippen molar-refractivity contribution >= 4 is 38.9 Å². The van der Waals surface area contributed by atoms with Crippen LogP contribution in [0.4, 0.5) is 5.69 Å². The van der Waals surface area contributed by atoms with Gasteiger partial charge in [0, 0.05) is 37.8 Å². The predicted molar refractivity (Wildman–Crippen MR) is 130 cm³/mol. The number of amides is 2. The van der Waals surface area contributed by atoms with Crippen LogP contribution in [-0.4, -0.2) is 55.6 Å². The summed E-state index contributed by atoms with van der Waals surface area (Å²) in [5.74, 6) is -0.310. The lowest BCUT2D eigenvalue weighted by Crippen LogP contribution is -2.41. The van der Waals surface area contributed by atoms with Gasteiger partial charge in [-0.15, -0.1) is 11.3 Å².